The molecule has 6 nitrogen and oxygen atoms in total. The lowest BCUT2D eigenvalue weighted by atomic mass is 9.95. The highest BCUT2D eigenvalue weighted by Gasteiger charge is 2.24. The van der Waals surface area contributed by atoms with Gasteiger partial charge in [-0.15, -0.1) is 0 Å². The van der Waals surface area contributed by atoms with Crippen LogP contribution in [0.1, 0.15) is 34.0 Å². The molecule has 0 bridgehead atoms. The van der Waals surface area contributed by atoms with Crippen molar-refractivity contribution in [1.82, 2.24) is 4.90 Å². The molecule has 1 unspecified atom stereocenters. The minimum absolute atomic E-state index is 0.0806. The topological polar surface area (TPSA) is 54.0 Å². The molecule has 35 heavy (non-hydrogen) atoms. The van der Waals surface area contributed by atoms with E-state index in [9.17, 15) is 4.79 Å². The second-order valence-corrected chi connectivity index (χ2v) is 9.16. The van der Waals surface area contributed by atoms with E-state index in [4.69, 9.17) is 9.47 Å². The standard InChI is InChI=1S/C29H33N3O3/c1-34-26-10-8-25(9-11-26)32-18-16-31(17-19-32)15-13-28-27-12-7-24(21-23(27)14-20-35-28)30-29(33)22-5-3-2-4-6-22/h2-12,21,28H,13-20H2,1H3,(H,30,33). The summed E-state index contributed by atoms with van der Waals surface area (Å²) in [7, 11) is 1.70. The van der Waals surface area contributed by atoms with Crippen LogP contribution in [-0.2, 0) is 11.2 Å². The lowest BCUT2D eigenvalue weighted by Crippen LogP contribution is -2.46. The first kappa shape index (κ1) is 23.4. The van der Waals surface area contributed by atoms with Crippen LogP contribution < -0.4 is 15.0 Å². The minimum Gasteiger partial charge on any atom is -0.497 e. The normalized spacial score (nSPS) is 18.1. The van der Waals surface area contributed by atoms with Gasteiger partial charge in [-0.1, -0.05) is 24.3 Å². The largest absolute Gasteiger partial charge is 0.497 e. The van der Waals surface area contributed by atoms with Gasteiger partial charge in [-0.2, -0.15) is 0 Å². The zero-order valence-electron chi connectivity index (χ0n) is 20.3. The van der Waals surface area contributed by atoms with E-state index in [0.29, 0.717) is 5.56 Å². The zero-order valence-corrected chi connectivity index (χ0v) is 20.3. The van der Waals surface area contributed by atoms with Gasteiger partial charge in [0.25, 0.3) is 5.91 Å². The van der Waals surface area contributed by atoms with Gasteiger partial charge in [0.1, 0.15) is 5.75 Å². The first-order valence-corrected chi connectivity index (χ1v) is 12.4. The Hall–Kier alpha value is -3.35. The van der Waals surface area contributed by atoms with Gasteiger partial charge in [0, 0.05) is 49.7 Å². The van der Waals surface area contributed by atoms with Crippen LogP contribution in [0.4, 0.5) is 11.4 Å². The molecule has 1 atom stereocenters. The third kappa shape index (κ3) is 5.66. The van der Waals surface area contributed by atoms with E-state index in [1.807, 2.05) is 48.5 Å². The van der Waals surface area contributed by atoms with Crippen molar-refractivity contribution in [3.63, 3.8) is 0 Å². The van der Waals surface area contributed by atoms with Crippen LogP contribution in [0.25, 0.3) is 0 Å². The fraction of sp³-hybridized carbons (Fsp3) is 0.345. The molecule has 0 aliphatic carbocycles. The summed E-state index contributed by atoms with van der Waals surface area (Å²) in [6.45, 7) is 5.90. The summed E-state index contributed by atoms with van der Waals surface area (Å²) in [5, 5.41) is 3.03. The highest BCUT2D eigenvalue weighted by molar-refractivity contribution is 6.04. The van der Waals surface area contributed by atoms with E-state index in [1.54, 1.807) is 7.11 Å². The Bertz CT molecular complexity index is 1130. The Morgan fingerprint density at radius 3 is 2.51 bits per heavy atom. The zero-order chi connectivity index (χ0) is 24.0. The highest BCUT2D eigenvalue weighted by Crippen LogP contribution is 2.32. The number of fused-ring (bicyclic) bond motifs is 1. The Labute approximate surface area is 207 Å². The van der Waals surface area contributed by atoms with E-state index in [0.717, 1.165) is 63.6 Å². The van der Waals surface area contributed by atoms with E-state index >= 15 is 0 Å². The number of ether oxygens (including phenoxy) is 2. The maximum Gasteiger partial charge on any atom is 0.255 e. The van der Waals surface area contributed by atoms with E-state index in [2.05, 4.69) is 39.4 Å². The van der Waals surface area contributed by atoms with Crippen LogP contribution in [0.15, 0.2) is 72.8 Å². The van der Waals surface area contributed by atoms with Crippen molar-refractivity contribution in [2.75, 3.05) is 56.7 Å². The molecule has 0 radical (unpaired) electrons. The number of nitrogens with one attached hydrogen (secondary N) is 1. The molecule has 1 N–H and O–H groups in total. The van der Waals surface area contributed by atoms with Crippen LogP contribution >= 0.6 is 0 Å². The van der Waals surface area contributed by atoms with E-state index in [1.165, 1.54) is 16.8 Å². The van der Waals surface area contributed by atoms with Crippen LogP contribution in [0.2, 0.25) is 0 Å². The number of carbonyl (C=O) groups is 1. The maximum absolute atomic E-state index is 12.5. The molecular weight excluding hydrogens is 438 g/mol. The fourth-order valence-electron chi connectivity index (χ4n) is 4.97. The number of rotatable bonds is 7. The van der Waals surface area contributed by atoms with Gasteiger partial charge in [0.2, 0.25) is 0 Å². The molecule has 0 saturated carbocycles. The van der Waals surface area contributed by atoms with Gasteiger partial charge in [0.05, 0.1) is 19.8 Å². The molecular formula is C29H33N3O3. The minimum atomic E-state index is -0.0806. The van der Waals surface area contributed by atoms with Crippen LogP contribution in [0, 0.1) is 0 Å². The predicted octanol–water partition coefficient (Wildman–Crippen LogP) is 4.77. The number of piperazine rings is 1. The third-order valence-corrected chi connectivity index (χ3v) is 6.99. The van der Waals surface area contributed by atoms with Gasteiger partial charge in [0.15, 0.2) is 0 Å². The molecule has 5 rings (SSSR count). The third-order valence-electron chi connectivity index (χ3n) is 6.99. The lowest BCUT2D eigenvalue weighted by Gasteiger charge is -2.37. The van der Waals surface area contributed by atoms with Crippen LogP contribution in [0.3, 0.4) is 0 Å². The molecule has 6 heteroatoms. The average Bonchev–Trinajstić information content (AvgIpc) is 2.92. The van der Waals surface area contributed by atoms with Crippen molar-refractivity contribution in [3.05, 3.63) is 89.5 Å². The molecule has 2 aliphatic heterocycles. The molecule has 0 spiro atoms. The number of methoxy groups -OCH3 is 1. The molecule has 3 aromatic carbocycles. The van der Waals surface area contributed by atoms with Crippen LogP contribution in [-0.4, -0.2) is 57.2 Å². The summed E-state index contributed by atoms with van der Waals surface area (Å²) >= 11 is 0. The molecule has 2 heterocycles. The van der Waals surface area contributed by atoms with Crippen molar-refractivity contribution >= 4 is 17.3 Å². The lowest BCUT2D eigenvalue weighted by molar-refractivity contribution is 0.0289. The van der Waals surface area contributed by atoms with Crippen molar-refractivity contribution in [1.29, 1.82) is 0 Å². The predicted molar refractivity (Wildman–Crippen MR) is 139 cm³/mol. The van der Waals surface area contributed by atoms with Crippen molar-refractivity contribution in [3.8, 4) is 5.75 Å². The monoisotopic (exact) mass is 471 g/mol. The van der Waals surface area contributed by atoms with E-state index in [-0.39, 0.29) is 12.0 Å². The molecule has 1 saturated heterocycles. The van der Waals surface area contributed by atoms with Gasteiger partial charge < -0.3 is 19.7 Å². The number of nitrogens with zero attached hydrogens (tertiary/aromatic N) is 2. The molecule has 1 fully saturated rings. The number of carbonyl (C=O) groups excluding carboxylic acids is 1. The molecule has 0 aromatic heterocycles. The molecule has 182 valence electrons. The second kappa shape index (κ2) is 10.9. The summed E-state index contributed by atoms with van der Waals surface area (Å²) in [5.74, 6) is 0.814. The second-order valence-electron chi connectivity index (χ2n) is 9.16. The number of hydrogen-bond acceptors (Lipinski definition) is 5. The number of benzene rings is 3. The van der Waals surface area contributed by atoms with Gasteiger partial charge in [-0.3, -0.25) is 9.69 Å². The Morgan fingerprint density at radius 2 is 1.77 bits per heavy atom. The average molecular weight is 472 g/mol. The van der Waals surface area contributed by atoms with Crippen molar-refractivity contribution in [2.45, 2.75) is 18.9 Å². The van der Waals surface area contributed by atoms with Gasteiger partial charge in [-0.05, 0) is 72.5 Å². The summed E-state index contributed by atoms with van der Waals surface area (Å²) in [4.78, 5) is 17.5. The molecule has 3 aromatic rings. The number of hydrogen-bond donors (Lipinski definition) is 1. The fourth-order valence-corrected chi connectivity index (χ4v) is 4.97. The Morgan fingerprint density at radius 1 is 1.00 bits per heavy atom. The number of amides is 1. The summed E-state index contributed by atoms with van der Waals surface area (Å²) < 4.78 is 11.4. The van der Waals surface area contributed by atoms with Crippen LogP contribution in [0.5, 0.6) is 5.75 Å². The SMILES string of the molecule is COc1ccc(N2CCN(CCC3OCCc4cc(NC(=O)c5ccccc5)ccc43)CC2)cc1. The van der Waals surface area contributed by atoms with Gasteiger partial charge in [-0.25, -0.2) is 0 Å². The van der Waals surface area contributed by atoms with Crippen molar-refractivity contribution < 1.29 is 14.3 Å². The van der Waals surface area contributed by atoms with Crippen molar-refractivity contribution in [2.24, 2.45) is 0 Å². The Balaban J connectivity index is 1.14. The molecule has 1 amide bonds. The summed E-state index contributed by atoms with van der Waals surface area (Å²) in [6.07, 6.45) is 1.96. The first-order chi connectivity index (χ1) is 17.2. The quantitative estimate of drug-likeness (QED) is 0.538. The smallest absolute Gasteiger partial charge is 0.255 e. The number of anilines is 2. The highest BCUT2D eigenvalue weighted by atomic mass is 16.5. The maximum atomic E-state index is 12.5. The van der Waals surface area contributed by atoms with E-state index < -0.39 is 0 Å². The summed E-state index contributed by atoms with van der Waals surface area (Å²) in [6, 6.07) is 23.9. The van der Waals surface area contributed by atoms with Gasteiger partial charge >= 0.3 is 0 Å². The first-order valence-electron chi connectivity index (χ1n) is 12.4. The molecule has 2 aliphatic rings. The summed E-state index contributed by atoms with van der Waals surface area (Å²) in [5.41, 5.74) is 5.29. The Kier molecular flexibility index (Phi) is 7.31.